The molecule has 0 saturated heterocycles. The summed E-state index contributed by atoms with van der Waals surface area (Å²) in [6.07, 6.45) is 0. The molecule has 0 unspecified atom stereocenters. The maximum absolute atomic E-state index is 12.3. The van der Waals surface area contributed by atoms with Crippen LogP contribution in [0.2, 0.25) is 0 Å². The number of amides is 1. The van der Waals surface area contributed by atoms with Gasteiger partial charge in [-0.3, -0.25) is 4.79 Å². The summed E-state index contributed by atoms with van der Waals surface area (Å²) in [5.41, 5.74) is 2.62. The number of nitrogens with one attached hydrogen (secondary N) is 1. The van der Waals surface area contributed by atoms with Crippen molar-refractivity contribution in [1.82, 2.24) is 5.32 Å². The lowest BCUT2D eigenvalue weighted by Gasteiger charge is -2.19. The summed E-state index contributed by atoms with van der Waals surface area (Å²) in [4.78, 5) is 14.3. The van der Waals surface area contributed by atoms with E-state index < -0.39 is 0 Å². The number of hydrogen-bond donors (Lipinski definition) is 1. The topological polar surface area (TPSA) is 50.8 Å². The molecule has 120 valence electrons. The molecule has 0 aliphatic carbocycles. The van der Waals surface area contributed by atoms with Crippen LogP contribution in [0.5, 0.6) is 11.5 Å². The first kappa shape index (κ1) is 15.2. The van der Waals surface area contributed by atoms with Crippen molar-refractivity contribution in [1.29, 1.82) is 0 Å². The van der Waals surface area contributed by atoms with Crippen molar-refractivity contribution in [3.05, 3.63) is 53.6 Å². The summed E-state index contributed by atoms with van der Waals surface area (Å²) in [7, 11) is 3.90. The molecule has 3 rings (SSSR count). The van der Waals surface area contributed by atoms with Crippen molar-refractivity contribution >= 4 is 11.6 Å². The van der Waals surface area contributed by atoms with Crippen LogP contribution in [0.15, 0.2) is 42.5 Å². The van der Waals surface area contributed by atoms with Gasteiger partial charge in [0.25, 0.3) is 5.91 Å². The normalized spacial score (nSPS) is 12.6. The highest BCUT2D eigenvalue weighted by molar-refractivity contribution is 5.95. The lowest BCUT2D eigenvalue weighted by Crippen LogP contribution is -2.23. The number of ether oxygens (including phenoxy) is 2. The first-order valence-corrected chi connectivity index (χ1v) is 7.57. The van der Waals surface area contributed by atoms with Crippen molar-refractivity contribution in [2.45, 2.75) is 6.54 Å². The van der Waals surface area contributed by atoms with E-state index in [2.05, 4.69) is 5.32 Å². The molecule has 1 N–H and O–H groups in total. The highest BCUT2D eigenvalue weighted by Gasteiger charge is 2.12. The second-order valence-electron chi connectivity index (χ2n) is 5.61. The van der Waals surface area contributed by atoms with Crippen molar-refractivity contribution in [3.8, 4) is 11.5 Å². The fourth-order valence-corrected chi connectivity index (χ4v) is 2.41. The van der Waals surface area contributed by atoms with Gasteiger partial charge in [-0.2, -0.15) is 0 Å². The molecule has 0 bridgehead atoms. The van der Waals surface area contributed by atoms with Crippen LogP contribution in [0.4, 0.5) is 5.69 Å². The number of fused-ring (bicyclic) bond motifs is 1. The van der Waals surface area contributed by atoms with Gasteiger partial charge in [0.15, 0.2) is 11.5 Å². The Morgan fingerprint density at radius 1 is 1.09 bits per heavy atom. The summed E-state index contributed by atoms with van der Waals surface area (Å²) >= 11 is 0. The molecule has 1 amide bonds. The first-order chi connectivity index (χ1) is 11.1. The summed E-state index contributed by atoms with van der Waals surface area (Å²) in [6, 6.07) is 13.3. The largest absolute Gasteiger partial charge is 0.486 e. The number of carbonyl (C=O) groups is 1. The Labute approximate surface area is 135 Å². The smallest absolute Gasteiger partial charge is 0.251 e. The van der Waals surface area contributed by atoms with E-state index in [1.807, 2.05) is 61.5 Å². The maximum atomic E-state index is 12.3. The van der Waals surface area contributed by atoms with Crippen molar-refractivity contribution < 1.29 is 14.3 Å². The van der Waals surface area contributed by atoms with Gasteiger partial charge in [0, 0.05) is 31.9 Å². The van der Waals surface area contributed by atoms with Crippen LogP contribution in [-0.2, 0) is 6.54 Å². The molecule has 23 heavy (non-hydrogen) atoms. The monoisotopic (exact) mass is 312 g/mol. The van der Waals surface area contributed by atoms with Gasteiger partial charge >= 0.3 is 0 Å². The van der Waals surface area contributed by atoms with E-state index in [-0.39, 0.29) is 5.91 Å². The number of hydrogen-bond acceptors (Lipinski definition) is 4. The van der Waals surface area contributed by atoms with Gasteiger partial charge in [-0.05, 0) is 35.9 Å². The Hall–Kier alpha value is -2.69. The molecule has 5 heteroatoms. The molecular formula is C18H20N2O3. The average Bonchev–Trinajstić information content (AvgIpc) is 2.59. The van der Waals surface area contributed by atoms with Gasteiger partial charge in [0.1, 0.15) is 13.2 Å². The summed E-state index contributed by atoms with van der Waals surface area (Å²) < 4.78 is 11.0. The van der Waals surface area contributed by atoms with Crippen LogP contribution in [0.1, 0.15) is 15.9 Å². The third-order valence-corrected chi connectivity index (χ3v) is 3.68. The van der Waals surface area contributed by atoms with Gasteiger partial charge in [-0.1, -0.05) is 12.1 Å². The molecule has 1 aliphatic heterocycles. The van der Waals surface area contributed by atoms with E-state index in [0.717, 1.165) is 22.7 Å². The SMILES string of the molecule is CN(C)c1cccc(C(=O)NCc2ccc3c(c2)OCCO3)c1. The van der Waals surface area contributed by atoms with E-state index in [4.69, 9.17) is 9.47 Å². The predicted molar refractivity (Wildman–Crippen MR) is 89.4 cm³/mol. The molecule has 0 fully saturated rings. The molecular weight excluding hydrogens is 292 g/mol. The molecule has 5 nitrogen and oxygen atoms in total. The number of carbonyl (C=O) groups excluding carboxylic acids is 1. The number of benzene rings is 2. The van der Waals surface area contributed by atoms with E-state index in [1.165, 1.54) is 0 Å². The first-order valence-electron chi connectivity index (χ1n) is 7.57. The van der Waals surface area contributed by atoms with Crippen molar-refractivity contribution in [2.75, 3.05) is 32.2 Å². The molecule has 0 aromatic heterocycles. The zero-order valence-corrected chi connectivity index (χ0v) is 13.3. The fourth-order valence-electron chi connectivity index (χ4n) is 2.41. The zero-order valence-electron chi connectivity index (χ0n) is 13.3. The van der Waals surface area contributed by atoms with Crippen LogP contribution in [0.3, 0.4) is 0 Å². The lowest BCUT2D eigenvalue weighted by atomic mass is 10.1. The minimum atomic E-state index is -0.0939. The van der Waals surface area contributed by atoms with E-state index >= 15 is 0 Å². The van der Waals surface area contributed by atoms with Crippen LogP contribution in [0, 0.1) is 0 Å². The predicted octanol–water partition coefficient (Wildman–Crippen LogP) is 2.45. The quantitative estimate of drug-likeness (QED) is 0.942. The van der Waals surface area contributed by atoms with E-state index in [0.29, 0.717) is 25.3 Å². The Morgan fingerprint density at radius 2 is 1.87 bits per heavy atom. The lowest BCUT2D eigenvalue weighted by molar-refractivity contribution is 0.0951. The summed E-state index contributed by atoms with van der Waals surface area (Å²) in [5, 5.41) is 2.93. The average molecular weight is 312 g/mol. The number of nitrogens with zero attached hydrogens (tertiary/aromatic N) is 1. The van der Waals surface area contributed by atoms with E-state index in [9.17, 15) is 4.79 Å². The van der Waals surface area contributed by atoms with Gasteiger partial charge in [-0.25, -0.2) is 0 Å². The van der Waals surface area contributed by atoms with Gasteiger partial charge in [-0.15, -0.1) is 0 Å². The van der Waals surface area contributed by atoms with Gasteiger partial charge < -0.3 is 19.7 Å². The van der Waals surface area contributed by atoms with Crippen LogP contribution < -0.4 is 19.7 Å². The van der Waals surface area contributed by atoms with Crippen LogP contribution >= 0.6 is 0 Å². The third kappa shape index (κ3) is 3.56. The minimum absolute atomic E-state index is 0.0939. The second kappa shape index (κ2) is 6.60. The number of rotatable bonds is 4. The second-order valence-corrected chi connectivity index (χ2v) is 5.61. The third-order valence-electron chi connectivity index (χ3n) is 3.68. The molecule has 0 atom stereocenters. The highest BCUT2D eigenvalue weighted by atomic mass is 16.6. The molecule has 1 aliphatic rings. The van der Waals surface area contributed by atoms with Crippen LogP contribution in [-0.4, -0.2) is 33.2 Å². The molecule has 0 saturated carbocycles. The summed E-state index contributed by atoms with van der Waals surface area (Å²) in [6.45, 7) is 1.58. The zero-order chi connectivity index (χ0) is 16.2. The molecule has 1 heterocycles. The Bertz CT molecular complexity index is 713. The Balaban J connectivity index is 1.66. The van der Waals surface area contributed by atoms with E-state index in [1.54, 1.807) is 0 Å². The Kier molecular flexibility index (Phi) is 4.37. The van der Waals surface area contributed by atoms with Gasteiger partial charge in [0.05, 0.1) is 0 Å². The highest BCUT2D eigenvalue weighted by Crippen LogP contribution is 2.30. The summed E-state index contributed by atoms with van der Waals surface area (Å²) in [5.74, 6) is 1.39. The van der Waals surface area contributed by atoms with Gasteiger partial charge in [0.2, 0.25) is 0 Å². The minimum Gasteiger partial charge on any atom is -0.486 e. The molecule has 2 aromatic carbocycles. The molecule has 0 spiro atoms. The fraction of sp³-hybridized carbons (Fsp3) is 0.278. The molecule has 0 radical (unpaired) electrons. The van der Waals surface area contributed by atoms with Crippen molar-refractivity contribution in [3.63, 3.8) is 0 Å². The Morgan fingerprint density at radius 3 is 2.65 bits per heavy atom. The molecule has 2 aromatic rings. The standard InChI is InChI=1S/C18H20N2O3/c1-20(2)15-5-3-4-14(11-15)18(21)19-12-13-6-7-16-17(10-13)23-9-8-22-16/h3-7,10-11H,8-9,12H2,1-2H3,(H,19,21). The van der Waals surface area contributed by atoms with Crippen molar-refractivity contribution in [2.24, 2.45) is 0 Å². The number of anilines is 1. The van der Waals surface area contributed by atoms with Crippen LogP contribution in [0.25, 0.3) is 0 Å². The maximum Gasteiger partial charge on any atom is 0.251 e.